The van der Waals surface area contributed by atoms with E-state index in [2.05, 4.69) is 0 Å². The summed E-state index contributed by atoms with van der Waals surface area (Å²) in [4.78, 5) is 14.0. The Bertz CT molecular complexity index is 229. The van der Waals surface area contributed by atoms with Gasteiger partial charge in [-0.2, -0.15) is 0 Å². The van der Waals surface area contributed by atoms with Crippen LogP contribution in [0.2, 0.25) is 0 Å². The van der Waals surface area contributed by atoms with Crippen LogP contribution in [0.1, 0.15) is 20.3 Å². The molecular formula is C11H22N2O2. The maximum atomic E-state index is 12.1. The van der Waals surface area contributed by atoms with Crippen molar-refractivity contribution in [1.82, 2.24) is 4.90 Å². The van der Waals surface area contributed by atoms with Gasteiger partial charge in [-0.05, 0) is 20.3 Å². The summed E-state index contributed by atoms with van der Waals surface area (Å²) in [6.07, 6.45) is 1.04. The Morgan fingerprint density at radius 2 is 2.27 bits per heavy atom. The predicted molar refractivity (Wildman–Crippen MR) is 59.4 cm³/mol. The molecule has 0 spiro atoms. The smallest absolute Gasteiger partial charge is 0.229 e. The van der Waals surface area contributed by atoms with E-state index >= 15 is 0 Å². The number of hydrogen-bond acceptors (Lipinski definition) is 3. The van der Waals surface area contributed by atoms with Crippen LogP contribution in [0.3, 0.4) is 0 Å². The molecule has 0 saturated carbocycles. The average molecular weight is 214 g/mol. The van der Waals surface area contributed by atoms with Crippen LogP contribution in [-0.2, 0) is 9.53 Å². The highest BCUT2D eigenvalue weighted by Gasteiger charge is 2.34. The third-order valence-corrected chi connectivity index (χ3v) is 3.06. The lowest BCUT2D eigenvalue weighted by Gasteiger charge is -2.28. The van der Waals surface area contributed by atoms with Gasteiger partial charge in [0.15, 0.2) is 0 Å². The van der Waals surface area contributed by atoms with Crippen LogP contribution >= 0.6 is 0 Å². The van der Waals surface area contributed by atoms with Crippen LogP contribution in [0.5, 0.6) is 0 Å². The number of ether oxygens (including phenoxy) is 1. The number of carbonyl (C=O) groups is 1. The summed E-state index contributed by atoms with van der Waals surface area (Å²) >= 11 is 0. The highest BCUT2D eigenvalue weighted by molar-refractivity contribution is 5.82. The summed E-state index contributed by atoms with van der Waals surface area (Å²) in [5, 5.41) is 0. The fourth-order valence-corrected chi connectivity index (χ4v) is 1.90. The topological polar surface area (TPSA) is 55.6 Å². The van der Waals surface area contributed by atoms with Gasteiger partial charge in [0.1, 0.15) is 0 Å². The van der Waals surface area contributed by atoms with Gasteiger partial charge in [0, 0.05) is 32.7 Å². The molecule has 1 unspecified atom stereocenters. The Balaban J connectivity index is 2.50. The van der Waals surface area contributed by atoms with Gasteiger partial charge in [0.2, 0.25) is 5.91 Å². The first-order chi connectivity index (χ1) is 7.01. The number of carbonyl (C=O) groups excluding carboxylic acids is 1. The molecule has 1 saturated heterocycles. The number of methoxy groups -OCH3 is 1. The zero-order valence-electron chi connectivity index (χ0n) is 9.95. The monoisotopic (exact) mass is 214 g/mol. The molecule has 88 valence electrons. The molecular weight excluding hydrogens is 192 g/mol. The quantitative estimate of drug-likeness (QED) is 0.740. The van der Waals surface area contributed by atoms with Gasteiger partial charge in [0.25, 0.3) is 0 Å². The van der Waals surface area contributed by atoms with Gasteiger partial charge in [-0.3, -0.25) is 4.79 Å². The van der Waals surface area contributed by atoms with Crippen molar-refractivity contribution >= 4 is 5.91 Å². The molecule has 1 fully saturated rings. The first-order valence-electron chi connectivity index (χ1n) is 5.49. The highest BCUT2D eigenvalue weighted by Crippen LogP contribution is 2.23. The van der Waals surface area contributed by atoms with E-state index in [9.17, 15) is 4.79 Å². The molecule has 1 atom stereocenters. The van der Waals surface area contributed by atoms with Crippen LogP contribution in [0.25, 0.3) is 0 Å². The molecule has 0 aromatic heterocycles. The van der Waals surface area contributed by atoms with Gasteiger partial charge >= 0.3 is 0 Å². The first kappa shape index (κ1) is 12.5. The molecule has 0 radical (unpaired) electrons. The number of hydrogen-bond donors (Lipinski definition) is 1. The lowest BCUT2D eigenvalue weighted by molar-refractivity contribution is -0.138. The van der Waals surface area contributed by atoms with Crippen LogP contribution in [0.15, 0.2) is 0 Å². The van der Waals surface area contributed by atoms with Crippen molar-refractivity contribution in [1.29, 1.82) is 0 Å². The molecule has 4 nitrogen and oxygen atoms in total. The van der Waals surface area contributed by atoms with E-state index in [1.165, 1.54) is 0 Å². The Hall–Kier alpha value is -0.610. The highest BCUT2D eigenvalue weighted by atomic mass is 16.5. The standard InChI is InChI=1S/C11H22N2O2/c1-11(2,8-12)10(14)13-5-4-9(6-13)7-15-3/h9H,4-8,12H2,1-3H3. The van der Waals surface area contributed by atoms with E-state index in [1.54, 1.807) is 7.11 Å². The van der Waals surface area contributed by atoms with Gasteiger partial charge in [-0.25, -0.2) is 0 Å². The van der Waals surface area contributed by atoms with E-state index < -0.39 is 5.41 Å². The third-order valence-electron chi connectivity index (χ3n) is 3.06. The van der Waals surface area contributed by atoms with Crippen LogP contribution in [0, 0.1) is 11.3 Å². The van der Waals surface area contributed by atoms with E-state index in [4.69, 9.17) is 10.5 Å². The largest absolute Gasteiger partial charge is 0.384 e. The summed E-state index contributed by atoms with van der Waals surface area (Å²) in [5.74, 6) is 0.663. The zero-order chi connectivity index (χ0) is 11.5. The van der Waals surface area contributed by atoms with E-state index in [0.717, 1.165) is 26.1 Å². The predicted octanol–water partition coefficient (Wildman–Crippen LogP) is 0.466. The Labute approximate surface area is 91.8 Å². The minimum atomic E-state index is -0.429. The normalized spacial score (nSPS) is 22.1. The first-order valence-corrected chi connectivity index (χ1v) is 5.49. The Morgan fingerprint density at radius 3 is 2.80 bits per heavy atom. The summed E-state index contributed by atoms with van der Waals surface area (Å²) in [6, 6.07) is 0. The van der Waals surface area contributed by atoms with E-state index in [-0.39, 0.29) is 5.91 Å². The fourth-order valence-electron chi connectivity index (χ4n) is 1.90. The van der Waals surface area contributed by atoms with Gasteiger partial charge < -0.3 is 15.4 Å². The number of rotatable bonds is 4. The lowest BCUT2D eigenvalue weighted by Crippen LogP contribution is -2.43. The van der Waals surface area contributed by atoms with Crippen molar-refractivity contribution < 1.29 is 9.53 Å². The lowest BCUT2D eigenvalue weighted by atomic mass is 9.92. The molecule has 4 heteroatoms. The molecule has 1 rings (SSSR count). The van der Waals surface area contributed by atoms with Crippen molar-refractivity contribution in [2.24, 2.45) is 17.1 Å². The van der Waals surface area contributed by atoms with Crippen molar-refractivity contribution in [2.45, 2.75) is 20.3 Å². The summed E-state index contributed by atoms with van der Waals surface area (Å²) in [5.41, 5.74) is 5.17. The van der Waals surface area contributed by atoms with Crippen molar-refractivity contribution in [3.8, 4) is 0 Å². The van der Waals surface area contributed by atoms with Gasteiger partial charge in [-0.1, -0.05) is 0 Å². The minimum absolute atomic E-state index is 0.170. The van der Waals surface area contributed by atoms with Crippen LogP contribution < -0.4 is 5.73 Å². The van der Waals surface area contributed by atoms with Gasteiger partial charge in [-0.15, -0.1) is 0 Å². The third kappa shape index (κ3) is 2.92. The summed E-state index contributed by atoms with van der Waals surface area (Å²) in [7, 11) is 1.70. The minimum Gasteiger partial charge on any atom is -0.384 e. The molecule has 1 amide bonds. The van der Waals surface area contributed by atoms with E-state index in [0.29, 0.717) is 12.5 Å². The van der Waals surface area contributed by atoms with E-state index in [1.807, 2.05) is 18.7 Å². The molecule has 15 heavy (non-hydrogen) atoms. The van der Waals surface area contributed by atoms with Crippen molar-refractivity contribution in [3.63, 3.8) is 0 Å². The number of likely N-dealkylation sites (tertiary alicyclic amines) is 1. The van der Waals surface area contributed by atoms with Crippen LogP contribution in [0.4, 0.5) is 0 Å². The zero-order valence-corrected chi connectivity index (χ0v) is 9.95. The SMILES string of the molecule is COCC1CCN(C(=O)C(C)(C)CN)C1. The summed E-state index contributed by atoms with van der Waals surface area (Å²) in [6.45, 7) is 6.61. The number of amides is 1. The van der Waals surface area contributed by atoms with Crippen molar-refractivity contribution in [2.75, 3.05) is 33.4 Å². The summed E-state index contributed by atoms with van der Waals surface area (Å²) < 4.78 is 5.10. The Kier molecular flexibility index (Phi) is 4.11. The molecule has 0 aromatic rings. The average Bonchev–Trinajstić information content (AvgIpc) is 2.66. The molecule has 0 aliphatic carbocycles. The molecule has 2 N–H and O–H groups in total. The van der Waals surface area contributed by atoms with Crippen molar-refractivity contribution in [3.05, 3.63) is 0 Å². The molecule has 0 aromatic carbocycles. The number of nitrogens with two attached hydrogens (primary N) is 1. The molecule has 0 bridgehead atoms. The number of nitrogens with zero attached hydrogens (tertiary/aromatic N) is 1. The molecule has 1 heterocycles. The van der Waals surface area contributed by atoms with Gasteiger partial charge in [0.05, 0.1) is 12.0 Å². The Morgan fingerprint density at radius 1 is 1.60 bits per heavy atom. The molecule has 1 aliphatic heterocycles. The maximum absolute atomic E-state index is 12.1. The second-order valence-corrected chi connectivity index (χ2v) is 4.95. The maximum Gasteiger partial charge on any atom is 0.229 e. The molecule has 1 aliphatic rings. The second kappa shape index (κ2) is 4.94. The fraction of sp³-hybridized carbons (Fsp3) is 0.909. The van der Waals surface area contributed by atoms with Crippen LogP contribution in [-0.4, -0.2) is 44.2 Å². The second-order valence-electron chi connectivity index (χ2n) is 4.95.